The Balaban J connectivity index is 1.82. The molecule has 0 radical (unpaired) electrons. The molecule has 5 nitrogen and oxygen atoms in total. The minimum absolute atomic E-state index is 0.0835. The molecule has 1 saturated carbocycles. The molecule has 0 bridgehead atoms. The van der Waals surface area contributed by atoms with Crippen LogP contribution in [0, 0.1) is 17.8 Å². The summed E-state index contributed by atoms with van der Waals surface area (Å²) < 4.78 is 0. The maximum atomic E-state index is 11.7. The second-order valence-electron chi connectivity index (χ2n) is 8.86. The van der Waals surface area contributed by atoms with Gasteiger partial charge in [-0.05, 0) is 44.4 Å². The van der Waals surface area contributed by atoms with Gasteiger partial charge < -0.3 is 20.4 Å². The number of carbonyl (C=O) groups is 1. The van der Waals surface area contributed by atoms with Crippen molar-refractivity contribution in [3.8, 4) is 0 Å². The van der Waals surface area contributed by atoms with Gasteiger partial charge in [-0.25, -0.2) is 0 Å². The van der Waals surface area contributed by atoms with Crippen LogP contribution in [0.4, 0.5) is 0 Å². The standard InChI is InChI=1S/C22H38N2O3/c1-5-6-9-22(2,27)10-7-8-18-19-12-16(11-17(19)13-20(18)25)14-23-15-21(26)24(3)4/h7-8,11,17-20,23,25,27H,5-6,9-10,12-15H2,1-4H3/b8-7+/t17-,18+,19-,20+,22-/m0/s1. The highest BCUT2D eigenvalue weighted by molar-refractivity contribution is 5.77. The molecule has 2 aliphatic rings. The van der Waals surface area contributed by atoms with Gasteiger partial charge in [-0.2, -0.15) is 0 Å². The van der Waals surface area contributed by atoms with E-state index in [1.54, 1.807) is 19.0 Å². The average Bonchev–Trinajstić information content (AvgIpc) is 3.10. The van der Waals surface area contributed by atoms with E-state index in [-0.39, 0.29) is 17.9 Å². The van der Waals surface area contributed by atoms with Crippen LogP contribution in [0.15, 0.2) is 23.8 Å². The van der Waals surface area contributed by atoms with Gasteiger partial charge in [-0.1, -0.05) is 43.6 Å². The van der Waals surface area contributed by atoms with Gasteiger partial charge in [0.05, 0.1) is 18.2 Å². The van der Waals surface area contributed by atoms with Crippen LogP contribution in [0.1, 0.15) is 52.4 Å². The molecule has 0 aromatic heterocycles. The summed E-state index contributed by atoms with van der Waals surface area (Å²) in [6, 6.07) is 0. The van der Waals surface area contributed by atoms with Crippen LogP contribution in [0.25, 0.3) is 0 Å². The van der Waals surface area contributed by atoms with Crippen LogP contribution in [0.5, 0.6) is 0 Å². The molecule has 5 heteroatoms. The Morgan fingerprint density at radius 2 is 2.19 bits per heavy atom. The highest BCUT2D eigenvalue weighted by Crippen LogP contribution is 2.47. The number of hydrogen-bond donors (Lipinski definition) is 3. The first-order valence-electron chi connectivity index (χ1n) is 10.4. The molecular weight excluding hydrogens is 340 g/mol. The number of unbranched alkanes of at least 4 members (excludes halogenated alkanes) is 1. The van der Waals surface area contributed by atoms with Gasteiger partial charge in [-0.3, -0.25) is 4.79 Å². The number of allylic oxidation sites excluding steroid dienone is 1. The summed E-state index contributed by atoms with van der Waals surface area (Å²) in [7, 11) is 3.53. The van der Waals surface area contributed by atoms with E-state index in [2.05, 4.69) is 30.5 Å². The fourth-order valence-corrected chi connectivity index (χ4v) is 4.36. The quantitative estimate of drug-likeness (QED) is 0.511. The number of hydrogen-bond acceptors (Lipinski definition) is 4. The van der Waals surface area contributed by atoms with Crippen LogP contribution in [-0.2, 0) is 4.79 Å². The summed E-state index contributed by atoms with van der Waals surface area (Å²) in [5.74, 6) is 1.11. The number of nitrogens with one attached hydrogen (secondary N) is 1. The van der Waals surface area contributed by atoms with Crippen LogP contribution in [-0.4, -0.2) is 59.9 Å². The van der Waals surface area contributed by atoms with E-state index in [9.17, 15) is 15.0 Å². The topological polar surface area (TPSA) is 72.8 Å². The Labute approximate surface area is 164 Å². The monoisotopic (exact) mass is 378 g/mol. The molecular formula is C22H38N2O3. The molecule has 0 saturated heterocycles. The van der Waals surface area contributed by atoms with E-state index >= 15 is 0 Å². The zero-order valence-electron chi connectivity index (χ0n) is 17.4. The fraction of sp³-hybridized carbons (Fsp3) is 0.773. The average molecular weight is 379 g/mol. The van der Waals surface area contributed by atoms with Crippen molar-refractivity contribution >= 4 is 5.91 Å². The fourth-order valence-electron chi connectivity index (χ4n) is 4.36. The molecule has 0 aromatic rings. The molecule has 0 aliphatic heterocycles. The second kappa shape index (κ2) is 9.85. The zero-order valence-corrected chi connectivity index (χ0v) is 17.4. The third-order valence-electron chi connectivity index (χ3n) is 6.06. The van der Waals surface area contributed by atoms with Crippen molar-refractivity contribution in [2.45, 2.75) is 64.1 Å². The van der Waals surface area contributed by atoms with Gasteiger partial charge in [0.25, 0.3) is 0 Å². The number of aliphatic hydroxyl groups excluding tert-OH is 1. The summed E-state index contributed by atoms with van der Waals surface area (Å²) in [6.07, 6.45) is 11.6. The van der Waals surface area contributed by atoms with Gasteiger partial charge in [0.1, 0.15) is 0 Å². The summed E-state index contributed by atoms with van der Waals surface area (Å²) in [5.41, 5.74) is 0.689. The number of rotatable bonds is 10. The number of amides is 1. The Hall–Kier alpha value is -1.17. The van der Waals surface area contributed by atoms with Crippen molar-refractivity contribution in [1.29, 1.82) is 0 Å². The number of likely N-dealkylation sites (N-methyl/N-ethyl adjacent to an activating group) is 1. The molecule has 154 valence electrons. The first-order chi connectivity index (χ1) is 12.7. The lowest BCUT2D eigenvalue weighted by molar-refractivity contribution is -0.127. The lowest BCUT2D eigenvalue weighted by Gasteiger charge is -2.22. The molecule has 1 amide bonds. The summed E-state index contributed by atoms with van der Waals surface area (Å²) >= 11 is 0. The molecule has 2 aliphatic carbocycles. The summed E-state index contributed by atoms with van der Waals surface area (Å²) in [4.78, 5) is 13.2. The smallest absolute Gasteiger partial charge is 0.236 e. The number of nitrogens with zero attached hydrogens (tertiary/aromatic N) is 1. The molecule has 0 heterocycles. The molecule has 0 aromatic carbocycles. The largest absolute Gasteiger partial charge is 0.392 e. The molecule has 5 atom stereocenters. The summed E-state index contributed by atoms with van der Waals surface area (Å²) in [5, 5.41) is 24.1. The molecule has 3 N–H and O–H groups in total. The number of aliphatic hydroxyl groups is 2. The molecule has 1 fully saturated rings. The van der Waals surface area contributed by atoms with Crippen LogP contribution < -0.4 is 5.32 Å². The van der Waals surface area contributed by atoms with Crippen LogP contribution in [0.2, 0.25) is 0 Å². The minimum atomic E-state index is -0.655. The van der Waals surface area contributed by atoms with E-state index in [1.807, 2.05) is 6.92 Å². The van der Waals surface area contributed by atoms with Crippen molar-refractivity contribution in [2.24, 2.45) is 17.8 Å². The number of carbonyl (C=O) groups excluding carboxylic acids is 1. The van der Waals surface area contributed by atoms with E-state index in [0.717, 1.165) is 38.6 Å². The van der Waals surface area contributed by atoms with Crippen molar-refractivity contribution in [3.63, 3.8) is 0 Å². The SMILES string of the molecule is CCCC[C@](C)(O)C/C=C/[C@@H]1[C@H]2CC(CNCC(=O)N(C)C)=C[C@H]2C[C@H]1O. The predicted molar refractivity (Wildman–Crippen MR) is 109 cm³/mol. The van der Waals surface area contributed by atoms with E-state index in [4.69, 9.17) is 0 Å². The van der Waals surface area contributed by atoms with Crippen LogP contribution >= 0.6 is 0 Å². The van der Waals surface area contributed by atoms with E-state index in [1.165, 1.54) is 5.57 Å². The van der Waals surface area contributed by atoms with Crippen LogP contribution in [0.3, 0.4) is 0 Å². The Morgan fingerprint density at radius 1 is 1.44 bits per heavy atom. The predicted octanol–water partition coefficient (Wildman–Crippen LogP) is 2.50. The first-order valence-corrected chi connectivity index (χ1v) is 10.4. The van der Waals surface area contributed by atoms with Gasteiger partial charge >= 0.3 is 0 Å². The van der Waals surface area contributed by atoms with Gasteiger partial charge in [-0.15, -0.1) is 0 Å². The van der Waals surface area contributed by atoms with E-state index < -0.39 is 5.60 Å². The van der Waals surface area contributed by atoms with Crippen molar-refractivity contribution < 1.29 is 15.0 Å². The van der Waals surface area contributed by atoms with Crippen molar-refractivity contribution in [3.05, 3.63) is 23.8 Å². The highest BCUT2D eigenvalue weighted by Gasteiger charge is 2.43. The molecule has 2 rings (SSSR count). The second-order valence-corrected chi connectivity index (χ2v) is 8.86. The highest BCUT2D eigenvalue weighted by atomic mass is 16.3. The van der Waals surface area contributed by atoms with Gasteiger partial charge in [0.2, 0.25) is 5.91 Å². The minimum Gasteiger partial charge on any atom is -0.392 e. The Morgan fingerprint density at radius 3 is 2.85 bits per heavy atom. The first kappa shape index (κ1) is 22.1. The Bertz CT molecular complexity index is 554. The van der Waals surface area contributed by atoms with Gasteiger partial charge in [0, 0.05) is 26.6 Å². The molecule has 27 heavy (non-hydrogen) atoms. The third-order valence-corrected chi connectivity index (χ3v) is 6.06. The maximum Gasteiger partial charge on any atom is 0.236 e. The lowest BCUT2D eigenvalue weighted by Crippen LogP contribution is -2.33. The van der Waals surface area contributed by atoms with Crippen molar-refractivity contribution in [2.75, 3.05) is 27.2 Å². The lowest BCUT2D eigenvalue weighted by atomic mass is 9.88. The third kappa shape index (κ3) is 6.44. The maximum absolute atomic E-state index is 11.7. The number of fused-ring (bicyclic) bond motifs is 1. The summed E-state index contributed by atoms with van der Waals surface area (Å²) in [6.45, 7) is 5.14. The molecule has 0 unspecified atom stereocenters. The Kier molecular flexibility index (Phi) is 8.07. The van der Waals surface area contributed by atoms with E-state index in [0.29, 0.717) is 24.8 Å². The normalized spacial score (nSPS) is 29.6. The molecule has 0 spiro atoms. The zero-order chi connectivity index (χ0) is 20.0. The van der Waals surface area contributed by atoms with Gasteiger partial charge in [0.15, 0.2) is 0 Å². The van der Waals surface area contributed by atoms with Crippen molar-refractivity contribution in [1.82, 2.24) is 10.2 Å².